The average molecular weight is 356 g/mol. The summed E-state index contributed by atoms with van der Waals surface area (Å²) in [5.41, 5.74) is 2.90. The Morgan fingerprint density at radius 3 is 2.60 bits per heavy atom. The first-order chi connectivity index (χ1) is 9.54. The van der Waals surface area contributed by atoms with Gasteiger partial charge in [-0.1, -0.05) is 49.7 Å². The molecule has 0 aliphatic rings. The molecule has 20 heavy (non-hydrogen) atoms. The molecule has 0 radical (unpaired) electrons. The molecule has 1 aromatic carbocycles. The summed E-state index contributed by atoms with van der Waals surface area (Å²) >= 11 is 9.67. The summed E-state index contributed by atoms with van der Waals surface area (Å²) < 4.78 is 5.99. The van der Waals surface area contributed by atoms with Crippen LogP contribution in [-0.4, -0.2) is 17.1 Å². The topological polar surface area (TPSA) is 35.0 Å². The van der Waals surface area contributed by atoms with Crippen LogP contribution in [0.15, 0.2) is 28.7 Å². The van der Waals surface area contributed by atoms with E-state index in [9.17, 15) is 0 Å². The van der Waals surface area contributed by atoms with Crippen LogP contribution >= 0.6 is 27.5 Å². The monoisotopic (exact) mass is 354 g/mol. The molecule has 0 spiro atoms. The summed E-state index contributed by atoms with van der Waals surface area (Å²) in [7, 11) is 1.67. The van der Waals surface area contributed by atoms with Gasteiger partial charge >= 0.3 is 0 Å². The van der Waals surface area contributed by atoms with Crippen molar-refractivity contribution < 1.29 is 4.74 Å². The van der Waals surface area contributed by atoms with Crippen LogP contribution in [0.3, 0.4) is 0 Å². The summed E-state index contributed by atoms with van der Waals surface area (Å²) in [6, 6.07) is 7.93. The smallest absolute Gasteiger partial charge is 0.161 e. The van der Waals surface area contributed by atoms with Gasteiger partial charge in [-0.3, -0.25) is 0 Å². The van der Waals surface area contributed by atoms with Gasteiger partial charge in [0.25, 0.3) is 0 Å². The predicted molar refractivity (Wildman–Crippen MR) is 85.0 cm³/mol. The molecule has 106 valence electrons. The molecule has 0 unspecified atom stereocenters. The van der Waals surface area contributed by atoms with E-state index in [0.29, 0.717) is 17.6 Å². The molecule has 3 nitrogen and oxygen atoms in total. The van der Waals surface area contributed by atoms with Gasteiger partial charge in [-0.05, 0) is 27.4 Å². The Balaban J connectivity index is 2.59. The first-order valence-electron chi connectivity index (χ1n) is 6.34. The molecule has 5 heteroatoms. The molecule has 0 fully saturated rings. The fraction of sp³-hybridized carbons (Fsp3) is 0.333. The van der Waals surface area contributed by atoms with Crippen LogP contribution < -0.4 is 0 Å². The van der Waals surface area contributed by atoms with Crippen LogP contribution in [0.1, 0.15) is 31.0 Å². The van der Waals surface area contributed by atoms with E-state index >= 15 is 0 Å². The van der Waals surface area contributed by atoms with Gasteiger partial charge in [-0.2, -0.15) is 0 Å². The zero-order valence-corrected chi connectivity index (χ0v) is 14.0. The molecule has 0 amide bonds. The highest BCUT2D eigenvalue weighted by molar-refractivity contribution is 9.10. The number of hydrogen-bond donors (Lipinski definition) is 0. The van der Waals surface area contributed by atoms with Crippen molar-refractivity contribution >= 4 is 27.5 Å². The highest BCUT2D eigenvalue weighted by Crippen LogP contribution is 2.32. The van der Waals surface area contributed by atoms with Crippen molar-refractivity contribution in [2.45, 2.75) is 26.4 Å². The lowest BCUT2D eigenvalue weighted by atomic mass is 10.1. The van der Waals surface area contributed by atoms with Crippen molar-refractivity contribution in [3.8, 4) is 11.4 Å². The fourth-order valence-corrected chi connectivity index (χ4v) is 2.77. The van der Waals surface area contributed by atoms with Crippen LogP contribution in [0.2, 0.25) is 5.15 Å². The van der Waals surface area contributed by atoms with Crippen LogP contribution in [-0.2, 0) is 11.3 Å². The minimum absolute atomic E-state index is 0.262. The Hall–Kier alpha value is -0.970. The first-order valence-corrected chi connectivity index (χ1v) is 7.51. The van der Waals surface area contributed by atoms with Crippen LogP contribution in [0.5, 0.6) is 0 Å². The normalized spacial score (nSPS) is 11.1. The molecule has 0 N–H and O–H groups in total. The van der Waals surface area contributed by atoms with Crippen molar-refractivity contribution in [3.63, 3.8) is 0 Å². The summed E-state index contributed by atoms with van der Waals surface area (Å²) in [6.07, 6.45) is 0. The summed E-state index contributed by atoms with van der Waals surface area (Å²) in [4.78, 5) is 9.03. The maximum atomic E-state index is 6.21. The number of rotatable bonds is 4. The second-order valence-corrected chi connectivity index (χ2v) is 5.93. The average Bonchev–Trinajstić information content (AvgIpc) is 2.42. The molecule has 0 bridgehead atoms. The lowest BCUT2D eigenvalue weighted by molar-refractivity contribution is 0.185. The fourth-order valence-electron chi connectivity index (χ4n) is 1.96. The van der Waals surface area contributed by atoms with E-state index in [-0.39, 0.29) is 5.92 Å². The van der Waals surface area contributed by atoms with Crippen molar-refractivity contribution in [2.24, 2.45) is 0 Å². The van der Waals surface area contributed by atoms with Gasteiger partial charge < -0.3 is 4.74 Å². The van der Waals surface area contributed by atoms with Gasteiger partial charge in [0.2, 0.25) is 0 Å². The predicted octanol–water partition coefficient (Wildman–Crippen LogP) is 4.83. The molecule has 0 saturated carbocycles. The molecular formula is C15H16BrClN2O. The molecule has 1 heterocycles. The third kappa shape index (κ3) is 3.19. The SMILES string of the molecule is COCc1ccccc1-c1nc(Cl)c(Br)c(C(C)C)n1. The standard InChI is InChI=1S/C15H16BrClN2O/c1-9(2)13-12(16)14(17)19-15(18-13)11-7-5-4-6-10(11)8-20-3/h4-7,9H,8H2,1-3H3. The van der Waals surface area contributed by atoms with Gasteiger partial charge in [0.05, 0.1) is 16.8 Å². The van der Waals surface area contributed by atoms with Gasteiger partial charge in [-0.25, -0.2) is 9.97 Å². The number of benzene rings is 1. The number of aromatic nitrogens is 2. The Labute approximate surface area is 132 Å². The van der Waals surface area contributed by atoms with E-state index in [1.807, 2.05) is 24.3 Å². The minimum atomic E-state index is 0.262. The molecule has 2 rings (SSSR count). The molecular weight excluding hydrogens is 340 g/mol. The highest BCUT2D eigenvalue weighted by atomic mass is 79.9. The van der Waals surface area contributed by atoms with Gasteiger partial charge in [0.15, 0.2) is 5.82 Å². The van der Waals surface area contributed by atoms with Crippen molar-refractivity contribution in [3.05, 3.63) is 45.1 Å². The number of halogens is 2. The summed E-state index contributed by atoms with van der Waals surface area (Å²) in [5.74, 6) is 0.896. The Bertz CT molecular complexity index is 617. The molecule has 2 aromatic rings. The first kappa shape index (κ1) is 15.4. The van der Waals surface area contributed by atoms with Gasteiger partial charge in [0, 0.05) is 12.7 Å². The van der Waals surface area contributed by atoms with E-state index in [4.69, 9.17) is 16.3 Å². The number of ether oxygens (including phenoxy) is 1. The Morgan fingerprint density at radius 2 is 1.95 bits per heavy atom. The minimum Gasteiger partial charge on any atom is -0.380 e. The van der Waals surface area contributed by atoms with Crippen LogP contribution in [0, 0.1) is 0 Å². The second-order valence-electron chi connectivity index (χ2n) is 4.78. The lowest BCUT2D eigenvalue weighted by Crippen LogP contribution is -2.02. The quantitative estimate of drug-likeness (QED) is 0.737. The molecule has 0 atom stereocenters. The number of methoxy groups -OCH3 is 1. The number of nitrogens with zero attached hydrogens (tertiary/aromatic N) is 2. The van der Waals surface area contributed by atoms with E-state index < -0.39 is 0 Å². The maximum Gasteiger partial charge on any atom is 0.161 e. The summed E-state index contributed by atoms with van der Waals surface area (Å²) in [5, 5.41) is 0.436. The van der Waals surface area contributed by atoms with Gasteiger partial charge in [0.1, 0.15) is 5.15 Å². The van der Waals surface area contributed by atoms with Crippen molar-refractivity contribution in [2.75, 3.05) is 7.11 Å². The highest BCUT2D eigenvalue weighted by Gasteiger charge is 2.16. The van der Waals surface area contributed by atoms with E-state index in [0.717, 1.165) is 21.3 Å². The third-order valence-corrected chi connectivity index (χ3v) is 4.22. The van der Waals surface area contributed by atoms with Gasteiger partial charge in [-0.15, -0.1) is 0 Å². The van der Waals surface area contributed by atoms with Crippen LogP contribution in [0.4, 0.5) is 0 Å². The third-order valence-electron chi connectivity index (χ3n) is 2.94. The van der Waals surface area contributed by atoms with E-state index in [2.05, 4.69) is 39.7 Å². The summed E-state index contributed by atoms with van der Waals surface area (Å²) in [6.45, 7) is 4.67. The van der Waals surface area contributed by atoms with E-state index in [1.165, 1.54) is 0 Å². The lowest BCUT2D eigenvalue weighted by Gasteiger charge is -2.13. The zero-order chi connectivity index (χ0) is 14.7. The molecule has 1 aromatic heterocycles. The Morgan fingerprint density at radius 1 is 1.25 bits per heavy atom. The molecule has 0 aliphatic heterocycles. The molecule has 0 aliphatic carbocycles. The van der Waals surface area contributed by atoms with Crippen molar-refractivity contribution in [1.29, 1.82) is 0 Å². The van der Waals surface area contributed by atoms with Crippen molar-refractivity contribution in [1.82, 2.24) is 9.97 Å². The maximum absolute atomic E-state index is 6.21. The number of hydrogen-bond acceptors (Lipinski definition) is 3. The molecule has 0 saturated heterocycles. The van der Waals surface area contributed by atoms with Crippen LogP contribution in [0.25, 0.3) is 11.4 Å². The second kappa shape index (κ2) is 6.66. The largest absolute Gasteiger partial charge is 0.380 e. The van der Waals surface area contributed by atoms with E-state index in [1.54, 1.807) is 7.11 Å². The zero-order valence-electron chi connectivity index (χ0n) is 11.7. The Kier molecular flexibility index (Phi) is 5.13.